The molecular formula is C14H18FN3. The fourth-order valence-corrected chi connectivity index (χ4v) is 2.51. The van der Waals surface area contributed by atoms with Gasteiger partial charge in [0.05, 0.1) is 12.1 Å². The molecule has 18 heavy (non-hydrogen) atoms. The van der Waals surface area contributed by atoms with Gasteiger partial charge in [-0.15, -0.1) is 6.58 Å². The van der Waals surface area contributed by atoms with Crippen molar-refractivity contribution < 1.29 is 4.39 Å². The van der Waals surface area contributed by atoms with Crippen molar-refractivity contribution in [1.82, 2.24) is 4.90 Å². The summed E-state index contributed by atoms with van der Waals surface area (Å²) in [4.78, 5) is 6.37. The summed E-state index contributed by atoms with van der Waals surface area (Å²) in [6.07, 6.45) is 2.66. The van der Waals surface area contributed by atoms with Gasteiger partial charge < -0.3 is 10.6 Å². The van der Waals surface area contributed by atoms with Gasteiger partial charge in [-0.1, -0.05) is 25.1 Å². The normalized spacial score (nSPS) is 23.0. The Hall–Kier alpha value is -1.84. The first kappa shape index (κ1) is 12.6. The topological polar surface area (TPSA) is 41.6 Å². The lowest BCUT2D eigenvalue weighted by Gasteiger charge is -2.38. The summed E-state index contributed by atoms with van der Waals surface area (Å²) in [7, 11) is 0. The van der Waals surface area contributed by atoms with Crippen LogP contribution in [-0.4, -0.2) is 23.9 Å². The molecule has 0 amide bonds. The summed E-state index contributed by atoms with van der Waals surface area (Å²) in [6.45, 7) is 7.09. The number of nitrogens with two attached hydrogens (primary N) is 1. The monoisotopic (exact) mass is 247 g/mol. The van der Waals surface area contributed by atoms with Crippen molar-refractivity contribution in [2.24, 2.45) is 10.7 Å². The standard InChI is InChI=1S/C14H18FN3/c1-3-9-18-13(16)17-10-14(18,4-2)11-5-7-12(15)8-6-11/h3,5-8H,1,4,9-10H2,2H3,(H2,16,17). The van der Waals surface area contributed by atoms with Gasteiger partial charge in [0, 0.05) is 6.54 Å². The van der Waals surface area contributed by atoms with E-state index in [-0.39, 0.29) is 11.4 Å². The van der Waals surface area contributed by atoms with Crippen LogP contribution in [0.3, 0.4) is 0 Å². The van der Waals surface area contributed by atoms with Gasteiger partial charge in [0.2, 0.25) is 0 Å². The largest absolute Gasteiger partial charge is 0.370 e. The second kappa shape index (κ2) is 4.80. The van der Waals surface area contributed by atoms with Crippen molar-refractivity contribution in [2.75, 3.05) is 13.1 Å². The van der Waals surface area contributed by atoms with E-state index in [2.05, 4.69) is 18.5 Å². The molecule has 4 heteroatoms. The minimum atomic E-state index is -0.272. The second-order valence-electron chi connectivity index (χ2n) is 4.47. The van der Waals surface area contributed by atoms with E-state index in [0.717, 1.165) is 12.0 Å². The minimum Gasteiger partial charge on any atom is -0.370 e. The van der Waals surface area contributed by atoms with Crippen LogP contribution in [0.4, 0.5) is 4.39 Å². The van der Waals surface area contributed by atoms with Gasteiger partial charge >= 0.3 is 0 Å². The lowest BCUT2D eigenvalue weighted by Crippen LogP contribution is -2.49. The molecule has 3 nitrogen and oxygen atoms in total. The summed E-state index contributed by atoms with van der Waals surface area (Å²) in [5.74, 6) is 0.299. The Morgan fingerprint density at radius 2 is 2.17 bits per heavy atom. The van der Waals surface area contributed by atoms with Gasteiger partial charge in [0.15, 0.2) is 5.96 Å². The van der Waals surface area contributed by atoms with E-state index in [0.29, 0.717) is 19.0 Å². The highest BCUT2D eigenvalue weighted by atomic mass is 19.1. The van der Waals surface area contributed by atoms with Crippen molar-refractivity contribution in [3.8, 4) is 0 Å². The first-order valence-corrected chi connectivity index (χ1v) is 6.08. The van der Waals surface area contributed by atoms with Gasteiger partial charge in [-0.25, -0.2) is 4.39 Å². The molecule has 1 heterocycles. The number of benzene rings is 1. The molecule has 1 atom stereocenters. The maximum Gasteiger partial charge on any atom is 0.192 e. The molecule has 0 fully saturated rings. The average molecular weight is 247 g/mol. The molecule has 1 aliphatic rings. The third kappa shape index (κ3) is 1.88. The van der Waals surface area contributed by atoms with Crippen LogP contribution in [0.2, 0.25) is 0 Å². The molecule has 0 saturated heterocycles. The highest BCUT2D eigenvalue weighted by molar-refractivity contribution is 5.81. The second-order valence-corrected chi connectivity index (χ2v) is 4.47. The molecule has 0 aromatic heterocycles. The lowest BCUT2D eigenvalue weighted by molar-refractivity contribution is 0.210. The van der Waals surface area contributed by atoms with Crippen molar-refractivity contribution >= 4 is 5.96 Å². The number of hydrogen-bond donors (Lipinski definition) is 1. The molecule has 96 valence electrons. The highest BCUT2D eigenvalue weighted by Crippen LogP contribution is 2.36. The Labute approximate surface area is 107 Å². The van der Waals surface area contributed by atoms with Crippen LogP contribution in [0.5, 0.6) is 0 Å². The van der Waals surface area contributed by atoms with Gasteiger partial charge in [-0.2, -0.15) is 0 Å². The Morgan fingerprint density at radius 1 is 1.50 bits per heavy atom. The Morgan fingerprint density at radius 3 is 2.72 bits per heavy atom. The van der Waals surface area contributed by atoms with Crippen molar-refractivity contribution in [1.29, 1.82) is 0 Å². The van der Waals surface area contributed by atoms with Crippen LogP contribution in [0.25, 0.3) is 0 Å². The molecule has 0 bridgehead atoms. The fourth-order valence-electron chi connectivity index (χ4n) is 2.51. The summed E-state index contributed by atoms with van der Waals surface area (Å²) < 4.78 is 13.0. The maximum absolute atomic E-state index is 13.0. The van der Waals surface area contributed by atoms with E-state index in [9.17, 15) is 4.39 Å². The molecular weight excluding hydrogens is 229 g/mol. The Balaban J connectivity index is 2.42. The zero-order chi connectivity index (χ0) is 13.2. The maximum atomic E-state index is 13.0. The van der Waals surface area contributed by atoms with Gasteiger partial charge in [-0.3, -0.25) is 4.99 Å². The molecule has 0 radical (unpaired) electrons. The first-order chi connectivity index (χ1) is 8.64. The average Bonchev–Trinajstić information content (AvgIpc) is 2.70. The van der Waals surface area contributed by atoms with Crippen LogP contribution in [-0.2, 0) is 5.54 Å². The van der Waals surface area contributed by atoms with E-state index < -0.39 is 0 Å². The summed E-state index contributed by atoms with van der Waals surface area (Å²) >= 11 is 0. The molecule has 2 N–H and O–H groups in total. The van der Waals surface area contributed by atoms with E-state index in [1.54, 1.807) is 0 Å². The van der Waals surface area contributed by atoms with Crippen molar-refractivity contribution in [2.45, 2.75) is 18.9 Å². The number of aliphatic imine (C=N–C) groups is 1. The molecule has 2 rings (SSSR count). The molecule has 1 aliphatic heterocycles. The van der Waals surface area contributed by atoms with Gasteiger partial charge in [-0.05, 0) is 24.1 Å². The van der Waals surface area contributed by atoms with Crippen molar-refractivity contribution in [3.63, 3.8) is 0 Å². The van der Waals surface area contributed by atoms with Crippen LogP contribution in [0.15, 0.2) is 41.9 Å². The predicted molar refractivity (Wildman–Crippen MR) is 71.8 cm³/mol. The van der Waals surface area contributed by atoms with Crippen LogP contribution in [0.1, 0.15) is 18.9 Å². The number of hydrogen-bond acceptors (Lipinski definition) is 3. The fraction of sp³-hybridized carbons (Fsp3) is 0.357. The Bertz CT molecular complexity index is 466. The van der Waals surface area contributed by atoms with Crippen molar-refractivity contribution in [3.05, 3.63) is 48.3 Å². The summed E-state index contributed by atoms with van der Waals surface area (Å²) in [6, 6.07) is 6.58. The molecule has 0 saturated carbocycles. The molecule has 1 unspecified atom stereocenters. The number of guanidine groups is 1. The zero-order valence-electron chi connectivity index (χ0n) is 10.6. The van der Waals surface area contributed by atoms with Gasteiger partial charge in [0.1, 0.15) is 5.82 Å². The van der Waals surface area contributed by atoms with E-state index >= 15 is 0 Å². The summed E-state index contributed by atoms with van der Waals surface area (Å²) in [5.41, 5.74) is 6.70. The number of rotatable bonds is 4. The molecule has 0 spiro atoms. The van der Waals surface area contributed by atoms with E-state index in [4.69, 9.17) is 5.73 Å². The SMILES string of the molecule is C=CCN1C(N)=NCC1(CC)c1ccc(F)cc1. The summed E-state index contributed by atoms with van der Waals surface area (Å²) in [5, 5.41) is 0. The van der Waals surface area contributed by atoms with Crippen LogP contribution >= 0.6 is 0 Å². The van der Waals surface area contributed by atoms with Gasteiger partial charge in [0.25, 0.3) is 0 Å². The third-order valence-corrected chi connectivity index (χ3v) is 3.57. The lowest BCUT2D eigenvalue weighted by atomic mass is 9.86. The number of nitrogens with zero attached hydrogens (tertiary/aromatic N) is 2. The predicted octanol–water partition coefficient (Wildman–Crippen LogP) is 2.25. The van der Waals surface area contributed by atoms with E-state index in [1.807, 2.05) is 23.1 Å². The van der Waals surface area contributed by atoms with Crippen LogP contribution in [0, 0.1) is 5.82 Å². The van der Waals surface area contributed by atoms with E-state index in [1.165, 1.54) is 12.1 Å². The third-order valence-electron chi connectivity index (χ3n) is 3.57. The molecule has 1 aromatic rings. The quantitative estimate of drug-likeness (QED) is 0.829. The first-order valence-electron chi connectivity index (χ1n) is 6.08. The Kier molecular flexibility index (Phi) is 3.36. The molecule has 0 aliphatic carbocycles. The minimum absolute atomic E-state index is 0.229. The zero-order valence-corrected chi connectivity index (χ0v) is 10.6. The molecule has 1 aromatic carbocycles. The number of halogens is 1. The highest BCUT2D eigenvalue weighted by Gasteiger charge is 2.41. The van der Waals surface area contributed by atoms with Crippen LogP contribution < -0.4 is 5.73 Å². The smallest absolute Gasteiger partial charge is 0.192 e.